The van der Waals surface area contributed by atoms with E-state index in [1.54, 1.807) is 19.2 Å². The summed E-state index contributed by atoms with van der Waals surface area (Å²) in [4.78, 5) is 19.3. The highest BCUT2D eigenvalue weighted by Crippen LogP contribution is 2.42. The number of methoxy groups -OCH3 is 1. The molecule has 0 radical (unpaired) electrons. The summed E-state index contributed by atoms with van der Waals surface area (Å²) in [6, 6.07) is 23.4. The van der Waals surface area contributed by atoms with Crippen molar-refractivity contribution in [2.24, 2.45) is 0 Å². The van der Waals surface area contributed by atoms with E-state index in [9.17, 15) is 4.79 Å². The van der Waals surface area contributed by atoms with Crippen molar-refractivity contribution >= 4 is 50.4 Å². The van der Waals surface area contributed by atoms with Crippen molar-refractivity contribution < 1.29 is 9.53 Å². The fraction of sp³-hybridized carbons (Fsp3) is 0.103. The van der Waals surface area contributed by atoms with Gasteiger partial charge in [0.2, 0.25) is 0 Å². The standard InChI is InChI=1S/C29H24ClN3O2S/c1-16-4-7-19(8-5-16)24-15-22(18-9-12-21(35-3)13-10-18)25-26(31)27(36-29(25)33-24)28(34)32-23-14-20(30)11-6-17(23)2/h4-15H,31H2,1-3H3,(H,32,34). The number of amides is 1. The molecule has 0 unspecified atom stereocenters. The molecule has 0 spiro atoms. The van der Waals surface area contributed by atoms with E-state index in [1.165, 1.54) is 16.9 Å². The van der Waals surface area contributed by atoms with Crippen LogP contribution < -0.4 is 15.8 Å². The summed E-state index contributed by atoms with van der Waals surface area (Å²) in [5.74, 6) is 0.469. The van der Waals surface area contributed by atoms with Crippen LogP contribution in [0.2, 0.25) is 5.02 Å². The lowest BCUT2D eigenvalue weighted by molar-refractivity contribution is 0.103. The highest BCUT2D eigenvalue weighted by molar-refractivity contribution is 7.21. The van der Waals surface area contributed by atoms with Crippen LogP contribution in [0.15, 0.2) is 72.8 Å². The molecule has 0 saturated heterocycles. The maximum Gasteiger partial charge on any atom is 0.267 e. The van der Waals surface area contributed by atoms with Crippen molar-refractivity contribution in [3.05, 3.63) is 93.8 Å². The van der Waals surface area contributed by atoms with Gasteiger partial charge in [-0.25, -0.2) is 4.98 Å². The monoisotopic (exact) mass is 513 g/mol. The molecule has 5 aromatic rings. The summed E-state index contributed by atoms with van der Waals surface area (Å²) < 4.78 is 5.33. The van der Waals surface area contributed by atoms with Gasteiger partial charge in [0.1, 0.15) is 15.5 Å². The number of nitrogens with two attached hydrogens (primary N) is 1. The summed E-state index contributed by atoms with van der Waals surface area (Å²) in [6.45, 7) is 3.97. The first-order chi connectivity index (χ1) is 17.3. The number of nitrogens with zero attached hydrogens (tertiary/aromatic N) is 1. The molecule has 0 aliphatic rings. The Labute approximate surface area is 218 Å². The average molecular weight is 514 g/mol. The zero-order valence-electron chi connectivity index (χ0n) is 20.1. The lowest BCUT2D eigenvalue weighted by Crippen LogP contribution is -2.12. The van der Waals surface area contributed by atoms with Gasteiger partial charge in [-0.3, -0.25) is 4.79 Å². The summed E-state index contributed by atoms with van der Waals surface area (Å²) in [5, 5.41) is 4.26. The molecule has 0 aliphatic heterocycles. The lowest BCUT2D eigenvalue weighted by atomic mass is 9.99. The first-order valence-corrected chi connectivity index (χ1v) is 12.6. The molecule has 3 aromatic carbocycles. The maximum atomic E-state index is 13.3. The molecule has 0 saturated carbocycles. The fourth-order valence-corrected chi connectivity index (χ4v) is 5.26. The van der Waals surface area contributed by atoms with Crippen LogP contribution in [-0.2, 0) is 0 Å². The van der Waals surface area contributed by atoms with Crippen LogP contribution in [0.4, 0.5) is 11.4 Å². The number of aryl methyl sites for hydroxylation is 2. The Bertz CT molecular complexity index is 1590. The lowest BCUT2D eigenvalue weighted by Gasteiger charge is -2.10. The fourth-order valence-electron chi connectivity index (χ4n) is 4.07. The van der Waals surface area contributed by atoms with E-state index in [4.69, 9.17) is 27.1 Å². The van der Waals surface area contributed by atoms with Gasteiger partial charge in [0.05, 0.1) is 18.5 Å². The van der Waals surface area contributed by atoms with E-state index in [1.807, 2.05) is 55.5 Å². The quantitative estimate of drug-likeness (QED) is 0.252. The second-order valence-electron chi connectivity index (χ2n) is 8.59. The summed E-state index contributed by atoms with van der Waals surface area (Å²) in [5.41, 5.74) is 13.4. The molecule has 0 fully saturated rings. The van der Waals surface area contributed by atoms with Gasteiger partial charge in [0.25, 0.3) is 5.91 Å². The number of benzene rings is 3. The van der Waals surface area contributed by atoms with Gasteiger partial charge in [0, 0.05) is 21.7 Å². The van der Waals surface area contributed by atoms with Gasteiger partial charge in [-0.2, -0.15) is 0 Å². The molecule has 5 nitrogen and oxygen atoms in total. The van der Waals surface area contributed by atoms with E-state index in [0.29, 0.717) is 26.1 Å². The van der Waals surface area contributed by atoms with Crippen molar-refractivity contribution in [3.63, 3.8) is 0 Å². The minimum atomic E-state index is -0.293. The molecular formula is C29H24ClN3O2S. The first kappa shape index (κ1) is 23.9. The topological polar surface area (TPSA) is 77.2 Å². The number of rotatable bonds is 5. The number of anilines is 2. The number of halogens is 1. The third-order valence-corrected chi connectivity index (χ3v) is 7.43. The smallest absolute Gasteiger partial charge is 0.267 e. The number of nitrogen functional groups attached to an aromatic ring is 1. The second kappa shape index (κ2) is 9.64. The molecule has 1 amide bonds. The van der Waals surface area contributed by atoms with Crippen LogP contribution in [0.25, 0.3) is 32.6 Å². The van der Waals surface area contributed by atoms with E-state index in [0.717, 1.165) is 39.1 Å². The largest absolute Gasteiger partial charge is 0.497 e. The van der Waals surface area contributed by atoms with Gasteiger partial charge in [-0.15, -0.1) is 11.3 Å². The number of carbonyl (C=O) groups is 1. The molecular weight excluding hydrogens is 490 g/mol. The SMILES string of the molecule is COc1ccc(-c2cc(-c3ccc(C)cc3)nc3sc(C(=O)Nc4cc(Cl)ccc4C)c(N)c23)cc1. The van der Waals surface area contributed by atoms with E-state index in [-0.39, 0.29) is 5.91 Å². The highest BCUT2D eigenvalue weighted by Gasteiger charge is 2.22. The van der Waals surface area contributed by atoms with Gasteiger partial charge in [-0.05, 0) is 60.9 Å². The highest BCUT2D eigenvalue weighted by atomic mass is 35.5. The number of ether oxygens (including phenoxy) is 1. The summed E-state index contributed by atoms with van der Waals surface area (Å²) in [6.07, 6.45) is 0. The summed E-state index contributed by atoms with van der Waals surface area (Å²) >= 11 is 7.43. The van der Waals surface area contributed by atoms with Crippen molar-refractivity contribution in [2.75, 3.05) is 18.2 Å². The Morgan fingerprint density at radius 3 is 2.36 bits per heavy atom. The third-order valence-electron chi connectivity index (χ3n) is 6.10. The predicted octanol–water partition coefficient (Wildman–Crippen LogP) is 7.74. The van der Waals surface area contributed by atoms with Gasteiger partial charge in [-0.1, -0.05) is 59.6 Å². The Morgan fingerprint density at radius 2 is 1.67 bits per heavy atom. The van der Waals surface area contributed by atoms with Crippen LogP contribution >= 0.6 is 22.9 Å². The zero-order valence-corrected chi connectivity index (χ0v) is 21.6. The van der Waals surface area contributed by atoms with Crippen molar-refractivity contribution in [3.8, 4) is 28.1 Å². The van der Waals surface area contributed by atoms with E-state index in [2.05, 4.69) is 24.4 Å². The van der Waals surface area contributed by atoms with E-state index < -0.39 is 0 Å². The number of hydrogen-bond donors (Lipinski definition) is 2. The Morgan fingerprint density at radius 1 is 0.972 bits per heavy atom. The molecule has 0 atom stereocenters. The van der Waals surface area contributed by atoms with Crippen LogP contribution in [0.3, 0.4) is 0 Å². The Hall–Kier alpha value is -3.87. The molecule has 180 valence electrons. The minimum absolute atomic E-state index is 0.293. The normalized spacial score (nSPS) is 11.0. The minimum Gasteiger partial charge on any atom is -0.497 e. The molecule has 2 heterocycles. The zero-order chi connectivity index (χ0) is 25.4. The number of aromatic nitrogens is 1. The molecule has 7 heteroatoms. The van der Waals surface area contributed by atoms with Crippen LogP contribution in [-0.4, -0.2) is 18.0 Å². The molecule has 36 heavy (non-hydrogen) atoms. The Kier molecular flexibility index (Phi) is 6.39. The van der Waals surface area contributed by atoms with E-state index >= 15 is 0 Å². The first-order valence-electron chi connectivity index (χ1n) is 11.4. The molecule has 5 rings (SSSR count). The van der Waals surface area contributed by atoms with Crippen LogP contribution in [0.1, 0.15) is 20.8 Å². The Balaban J connectivity index is 1.67. The van der Waals surface area contributed by atoms with Crippen molar-refractivity contribution in [2.45, 2.75) is 13.8 Å². The number of hydrogen-bond acceptors (Lipinski definition) is 5. The van der Waals surface area contributed by atoms with Crippen LogP contribution in [0, 0.1) is 13.8 Å². The molecule has 0 aliphatic carbocycles. The molecule has 3 N–H and O–H groups in total. The number of fused-ring (bicyclic) bond motifs is 1. The van der Waals surface area contributed by atoms with Crippen molar-refractivity contribution in [1.29, 1.82) is 0 Å². The predicted molar refractivity (Wildman–Crippen MR) is 150 cm³/mol. The maximum absolute atomic E-state index is 13.3. The van der Waals surface area contributed by atoms with Gasteiger partial charge in [0.15, 0.2) is 0 Å². The van der Waals surface area contributed by atoms with Crippen LogP contribution in [0.5, 0.6) is 5.75 Å². The van der Waals surface area contributed by atoms with Gasteiger partial charge >= 0.3 is 0 Å². The van der Waals surface area contributed by atoms with Gasteiger partial charge < -0.3 is 15.8 Å². The third kappa shape index (κ3) is 4.53. The van der Waals surface area contributed by atoms with Crippen molar-refractivity contribution in [1.82, 2.24) is 4.98 Å². The number of carbonyl (C=O) groups excluding carboxylic acids is 1. The molecule has 2 aromatic heterocycles. The number of nitrogens with one attached hydrogen (secondary N) is 1. The molecule has 0 bridgehead atoms. The average Bonchev–Trinajstić information content (AvgIpc) is 3.22. The number of thiophene rings is 1. The summed E-state index contributed by atoms with van der Waals surface area (Å²) in [7, 11) is 1.64. The number of pyridine rings is 1. The second-order valence-corrected chi connectivity index (χ2v) is 10.0.